The Bertz CT molecular complexity index is 882. The first-order valence-corrected chi connectivity index (χ1v) is 11.5. The third-order valence-electron chi connectivity index (χ3n) is 6.41. The Labute approximate surface area is 174 Å². The molecule has 6 nitrogen and oxygen atoms in total. The third kappa shape index (κ3) is 3.90. The van der Waals surface area contributed by atoms with Gasteiger partial charge in [-0.2, -0.15) is 0 Å². The number of benzene rings is 1. The maximum absolute atomic E-state index is 12.6. The third-order valence-corrected chi connectivity index (χ3v) is 7.51. The van der Waals surface area contributed by atoms with Crippen molar-refractivity contribution in [3.8, 4) is 0 Å². The van der Waals surface area contributed by atoms with E-state index >= 15 is 0 Å². The topological polar surface area (TPSA) is 62.7 Å². The first-order chi connectivity index (χ1) is 14.1. The first kappa shape index (κ1) is 19.0. The minimum absolute atomic E-state index is 0.176. The molecule has 1 unspecified atom stereocenters. The maximum Gasteiger partial charge on any atom is 0.223 e. The number of fused-ring (bicyclic) bond motifs is 1. The van der Waals surface area contributed by atoms with Crippen LogP contribution in [0.3, 0.4) is 0 Å². The van der Waals surface area contributed by atoms with Gasteiger partial charge < -0.3 is 14.5 Å². The van der Waals surface area contributed by atoms with Crippen LogP contribution in [0.2, 0.25) is 0 Å². The summed E-state index contributed by atoms with van der Waals surface area (Å²) in [6, 6.07) is 8.09. The van der Waals surface area contributed by atoms with E-state index < -0.39 is 0 Å². The van der Waals surface area contributed by atoms with E-state index in [1.165, 1.54) is 4.70 Å². The molecule has 0 radical (unpaired) electrons. The summed E-state index contributed by atoms with van der Waals surface area (Å²) in [5, 5.41) is 1.02. The van der Waals surface area contributed by atoms with E-state index in [9.17, 15) is 9.59 Å². The molecule has 7 heteroatoms. The SMILES string of the molecule is O=C(CC1COC2(C1)CN(C(=O)CCc1nc3ccccc3s1)C2)N1CCCC1. The van der Waals surface area contributed by atoms with Crippen LogP contribution in [0, 0.1) is 5.92 Å². The average molecular weight is 414 g/mol. The standard InChI is InChI=1S/C22H27N3O3S/c26-20(8-7-19-23-17-5-1-2-6-18(17)29-19)25-14-22(15-25)12-16(13-28-22)11-21(27)24-9-3-4-10-24/h1-2,5-6,16H,3-4,7-15H2. The summed E-state index contributed by atoms with van der Waals surface area (Å²) in [5.74, 6) is 0.745. The van der Waals surface area contributed by atoms with Crippen LogP contribution in [-0.2, 0) is 20.7 Å². The second kappa shape index (κ2) is 7.69. The smallest absolute Gasteiger partial charge is 0.223 e. The molecule has 0 N–H and O–H groups in total. The number of aryl methyl sites for hydroxylation is 1. The Kier molecular flexibility index (Phi) is 5.04. The summed E-state index contributed by atoms with van der Waals surface area (Å²) in [5.41, 5.74) is 0.804. The molecule has 1 atom stereocenters. The predicted molar refractivity (Wildman–Crippen MR) is 112 cm³/mol. The number of carbonyl (C=O) groups is 2. The van der Waals surface area contributed by atoms with Crippen LogP contribution in [0.5, 0.6) is 0 Å². The molecule has 0 aliphatic carbocycles. The van der Waals surface area contributed by atoms with Crippen molar-refractivity contribution in [2.45, 2.75) is 44.1 Å². The fourth-order valence-electron chi connectivity index (χ4n) is 4.86. The van der Waals surface area contributed by atoms with E-state index in [2.05, 4.69) is 11.1 Å². The molecular formula is C22H27N3O3S. The molecule has 1 aromatic carbocycles. The highest BCUT2D eigenvalue weighted by Crippen LogP contribution is 2.39. The molecule has 3 aliphatic heterocycles. The van der Waals surface area contributed by atoms with Gasteiger partial charge in [0.2, 0.25) is 11.8 Å². The molecule has 3 fully saturated rings. The van der Waals surface area contributed by atoms with Gasteiger partial charge >= 0.3 is 0 Å². The fraction of sp³-hybridized carbons (Fsp3) is 0.591. The van der Waals surface area contributed by atoms with Crippen molar-refractivity contribution in [2.24, 2.45) is 5.92 Å². The molecule has 2 amide bonds. The molecule has 1 spiro atoms. The van der Waals surface area contributed by atoms with Gasteiger partial charge in [0.15, 0.2) is 0 Å². The highest BCUT2D eigenvalue weighted by Gasteiger charge is 2.51. The van der Waals surface area contributed by atoms with Crippen molar-refractivity contribution in [1.82, 2.24) is 14.8 Å². The minimum atomic E-state index is -0.207. The molecule has 1 aromatic heterocycles. The van der Waals surface area contributed by atoms with Gasteiger partial charge in [0, 0.05) is 32.4 Å². The zero-order valence-corrected chi connectivity index (χ0v) is 17.5. The van der Waals surface area contributed by atoms with Crippen LogP contribution in [0.25, 0.3) is 10.2 Å². The molecule has 154 valence electrons. The molecule has 4 heterocycles. The van der Waals surface area contributed by atoms with E-state index in [4.69, 9.17) is 4.74 Å². The van der Waals surface area contributed by atoms with Gasteiger partial charge in [-0.15, -0.1) is 11.3 Å². The first-order valence-electron chi connectivity index (χ1n) is 10.6. The van der Waals surface area contributed by atoms with Crippen molar-refractivity contribution in [2.75, 3.05) is 32.8 Å². The lowest BCUT2D eigenvalue weighted by atomic mass is 9.85. The quantitative estimate of drug-likeness (QED) is 0.756. The van der Waals surface area contributed by atoms with Gasteiger partial charge in [-0.1, -0.05) is 12.1 Å². The largest absolute Gasteiger partial charge is 0.371 e. The molecule has 29 heavy (non-hydrogen) atoms. The summed E-state index contributed by atoms with van der Waals surface area (Å²) in [7, 11) is 0. The normalized spacial score (nSPS) is 23.1. The Morgan fingerprint density at radius 3 is 2.72 bits per heavy atom. The summed E-state index contributed by atoms with van der Waals surface area (Å²) in [4.78, 5) is 33.5. The number of nitrogens with zero attached hydrogens (tertiary/aromatic N) is 3. The van der Waals surface area contributed by atoms with Crippen LogP contribution >= 0.6 is 11.3 Å². The number of ether oxygens (including phenoxy) is 1. The number of para-hydroxylation sites is 1. The van der Waals surface area contributed by atoms with Gasteiger partial charge in [0.25, 0.3) is 0 Å². The van der Waals surface area contributed by atoms with Crippen molar-refractivity contribution in [3.05, 3.63) is 29.3 Å². The highest BCUT2D eigenvalue weighted by atomic mass is 32.1. The molecule has 2 aromatic rings. The summed E-state index contributed by atoms with van der Waals surface area (Å²) in [6.07, 6.45) is 4.93. The predicted octanol–water partition coefficient (Wildman–Crippen LogP) is 2.86. The zero-order chi connectivity index (χ0) is 19.8. The Balaban J connectivity index is 1.08. The number of likely N-dealkylation sites (tertiary alicyclic amines) is 2. The number of amides is 2. The number of thiazole rings is 1. The lowest BCUT2D eigenvalue weighted by Crippen LogP contribution is -2.63. The average Bonchev–Trinajstić information content (AvgIpc) is 3.43. The van der Waals surface area contributed by atoms with Crippen LogP contribution in [0.15, 0.2) is 24.3 Å². The van der Waals surface area contributed by atoms with Crippen LogP contribution < -0.4 is 0 Å². The fourth-order valence-corrected chi connectivity index (χ4v) is 5.82. The lowest BCUT2D eigenvalue weighted by Gasteiger charge is -2.47. The van der Waals surface area contributed by atoms with Crippen molar-refractivity contribution >= 4 is 33.4 Å². The Morgan fingerprint density at radius 2 is 1.93 bits per heavy atom. The molecule has 3 saturated heterocycles. The van der Waals surface area contributed by atoms with Gasteiger partial charge in [-0.25, -0.2) is 4.98 Å². The van der Waals surface area contributed by atoms with Crippen LogP contribution in [0.1, 0.15) is 37.1 Å². The molecule has 5 rings (SSSR count). The van der Waals surface area contributed by atoms with Crippen molar-refractivity contribution in [1.29, 1.82) is 0 Å². The van der Waals surface area contributed by atoms with Gasteiger partial charge in [0.05, 0.1) is 34.9 Å². The van der Waals surface area contributed by atoms with Crippen molar-refractivity contribution < 1.29 is 14.3 Å². The Hall–Kier alpha value is -1.99. The maximum atomic E-state index is 12.6. The molecule has 0 saturated carbocycles. The number of rotatable bonds is 5. The van der Waals surface area contributed by atoms with Crippen LogP contribution in [0.4, 0.5) is 0 Å². The molecule has 0 bridgehead atoms. The molecular weight excluding hydrogens is 386 g/mol. The van der Waals surface area contributed by atoms with E-state index in [1.54, 1.807) is 11.3 Å². The molecule has 3 aliphatic rings. The summed E-state index contributed by atoms with van der Waals surface area (Å²) in [6.45, 7) is 3.80. The highest BCUT2D eigenvalue weighted by molar-refractivity contribution is 7.18. The van der Waals surface area contributed by atoms with E-state index in [0.717, 1.165) is 42.9 Å². The summed E-state index contributed by atoms with van der Waals surface area (Å²) < 4.78 is 7.23. The lowest BCUT2D eigenvalue weighted by molar-refractivity contribution is -0.157. The van der Waals surface area contributed by atoms with E-state index in [-0.39, 0.29) is 17.4 Å². The van der Waals surface area contributed by atoms with E-state index in [0.29, 0.717) is 44.9 Å². The Morgan fingerprint density at radius 1 is 1.14 bits per heavy atom. The van der Waals surface area contributed by atoms with Gasteiger partial charge in [-0.05, 0) is 37.3 Å². The number of hydrogen-bond donors (Lipinski definition) is 0. The number of aromatic nitrogens is 1. The summed E-state index contributed by atoms with van der Waals surface area (Å²) >= 11 is 1.67. The zero-order valence-electron chi connectivity index (χ0n) is 16.6. The van der Waals surface area contributed by atoms with E-state index in [1.807, 2.05) is 28.0 Å². The monoisotopic (exact) mass is 413 g/mol. The second-order valence-corrected chi connectivity index (χ2v) is 9.80. The minimum Gasteiger partial charge on any atom is -0.371 e. The van der Waals surface area contributed by atoms with Crippen LogP contribution in [-0.4, -0.2) is 65.0 Å². The second-order valence-electron chi connectivity index (χ2n) is 8.68. The number of hydrogen-bond acceptors (Lipinski definition) is 5. The van der Waals surface area contributed by atoms with Crippen molar-refractivity contribution in [3.63, 3.8) is 0 Å². The van der Waals surface area contributed by atoms with Gasteiger partial charge in [-0.3, -0.25) is 9.59 Å². The number of carbonyl (C=O) groups excluding carboxylic acids is 2. The van der Waals surface area contributed by atoms with Gasteiger partial charge in [0.1, 0.15) is 5.60 Å².